The van der Waals surface area contributed by atoms with Crippen LogP contribution in [0.3, 0.4) is 0 Å². The van der Waals surface area contributed by atoms with Gasteiger partial charge in [0.2, 0.25) is 17.7 Å². The van der Waals surface area contributed by atoms with Crippen LogP contribution >= 0.6 is 0 Å². The van der Waals surface area contributed by atoms with E-state index in [1.807, 2.05) is 25.1 Å². The second-order valence-corrected chi connectivity index (χ2v) is 9.16. The lowest BCUT2D eigenvalue weighted by Crippen LogP contribution is -2.31. The SMILES string of the molecule is COc1ccccc1N1C[C@H](C(=O)Oc2ccc(N3C(=O)[C@H]4[C@@H](C)C=CC[C@H]4C3=O)cc2)CC1=O. The van der Waals surface area contributed by atoms with Gasteiger partial charge in [0.05, 0.1) is 36.2 Å². The van der Waals surface area contributed by atoms with Crippen molar-refractivity contribution in [3.8, 4) is 11.5 Å². The Morgan fingerprint density at radius 1 is 1.00 bits per heavy atom. The standard InChI is InChI=1S/C27H26N2O6/c1-16-6-5-7-20-24(16)26(32)29(25(20)31)18-10-12-19(13-11-18)35-27(33)17-14-23(30)28(15-17)21-8-3-4-9-22(21)34-2/h3-6,8-13,16-17,20,24H,7,14-15H2,1-2H3/t16-,17+,20+,24-/m0/s1. The van der Waals surface area contributed by atoms with Crippen molar-refractivity contribution in [2.75, 3.05) is 23.5 Å². The van der Waals surface area contributed by atoms with E-state index in [0.717, 1.165) is 0 Å². The average molecular weight is 475 g/mol. The zero-order chi connectivity index (χ0) is 24.7. The second-order valence-electron chi connectivity index (χ2n) is 9.16. The number of carbonyl (C=O) groups is 4. The highest BCUT2D eigenvalue weighted by atomic mass is 16.5. The average Bonchev–Trinajstić information content (AvgIpc) is 3.37. The fourth-order valence-electron chi connectivity index (χ4n) is 5.22. The van der Waals surface area contributed by atoms with Gasteiger partial charge in [-0.05, 0) is 48.7 Å². The Labute approximate surface area is 203 Å². The van der Waals surface area contributed by atoms with Crippen LogP contribution in [0.25, 0.3) is 0 Å². The van der Waals surface area contributed by atoms with Gasteiger partial charge in [-0.3, -0.25) is 24.1 Å². The maximum atomic E-state index is 13.0. The Bertz CT molecular complexity index is 1220. The van der Waals surface area contributed by atoms with E-state index < -0.39 is 11.9 Å². The predicted molar refractivity (Wildman–Crippen MR) is 128 cm³/mol. The molecule has 35 heavy (non-hydrogen) atoms. The molecular formula is C27H26N2O6. The molecule has 8 nitrogen and oxygen atoms in total. The number of imide groups is 1. The molecule has 2 aromatic carbocycles. The van der Waals surface area contributed by atoms with Crippen LogP contribution < -0.4 is 19.3 Å². The fraction of sp³-hybridized carbons (Fsp3) is 0.333. The number of ether oxygens (including phenoxy) is 2. The topological polar surface area (TPSA) is 93.2 Å². The Hall–Kier alpha value is -3.94. The monoisotopic (exact) mass is 474 g/mol. The van der Waals surface area contributed by atoms with Crippen molar-refractivity contribution in [1.82, 2.24) is 0 Å². The molecular weight excluding hydrogens is 448 g/mol. The second kappa shape index (κ2) is 9.02. The van der Waals surface area contributed by atoms with Crippen molar-refractivity contribution < 1.29 is 28.7 Å². The summed E-state index contributed by atoms with van der Waals surface area (Å²) in [6, 6.07) is 13.5. The normalized spacial score (nSPS) is 25.7. The van der Waals surface area contributed by atoms with Gasteiger partial charge in [0, 0.05) is 13.0 Å². The minimum Gasteiger partial charge on any atom is -0.495 e. The molecule has 0 unspecified atom stereocenters. The zero-order valence-electron chi connectivity index (χ0n) is 19.5. The van der Waals surface area contributed by atoms with Crippen LogP contribution in [-0.2, 0) is 19.2 Å². The van der Waals surface area contributed by atoms with Crippen molar-refractivity contribution in [3.63, 3.8) is 0 Å². The number of benzene rings is 2. The van der Waals surface area contributed by atoms with Crippen molar-refractivity contribution >= 4 is 35.1 Å². The first kappa shape index (κ1) is 22.8. The summed E-state index contributed by atoms with van der Waals surface area (Å²) in [5, 5.41) is 0. The smallest absolute Gasteiger partial charge is 0.316 e. The number of para-hydroxylation sites is 2. The van der Waals surface area contributed by atoms with Crippen LogP contribution in [0.2, 0.25) is 0 Å². The number of anilines is 2. The maximum Gasteiger partial charge on any atom is 0.316 e. The number of rotatable bonds is 5. The third kappa shape index (κ3) is 3.99. The lowest BCUT2D eigenvalue weighted by Gasteiger charge is -2.22. The maximum absolute atomic E-state index is 13.0. The van der Waals surface area contributed by atoms with Crippen molar-refractivity contribution in [2.24, 2.45) is 23.7 Å². The van der Waals surface area contributed by atoms with Gasteiger partial charge >= 0.3 is 5.97 Å². The first-order valence-electron chi connectivity index (χ1n) is 11.7. The number of esters is 1. The van der Waals surface area contributed by atoms with Gasteiger partial charge < -0.3 is 14.4 Å². The minimum absolute atomic E-state index is 0.0139. The van der Waals surface area contributed by atoms with E-state index in [1.165, 1.54) is 16.9 Å². The molecule has 1 aliphatic carbocycles. The number of nitrogens with zero attached hydrogens (tertiary/aromatic N) is 2. The van der Waals surface area contributed by atoms with Crippen LogP contribution in [0.5, 0.6) is 11.5 Å². The van der Waals surface area contributed by atoms with Gasteiger partial charge in [0.25, 0.3) is 0 Å². The highest BCUT2D eigenvalue weighted by Crippen LogP contribution is 2.40. The molecule has 8 heteroatoms. The van der Waals surface area contributed by atoms with Crippen LogP contribution in [0, 0.1) is 23.7 Å². The number of hydrogen-bond acceptors (Lipinski definition) is 6. The van der Waals surface area contributed by atoms with E-state index in [-0.39, 0.29) is 54.2 Å². The summed E-state index contributed by atoms with van der Waals surface area (Å²) in [5.74, 6) is -1.50. The van der Waals surface area contributed by atoms with E-state index in [1.54, 1.807) is 42.5 Å². The Balaban J connectivity index is 1.26. The number of methoxy groups -OCH3 is 1. The minimum atomic E-state index is -0.620. The zero-order valence-corrected chi connectivity index (χ0v) is 19.5. The van der Waals surface area contributed by atoms with E-state index in [9.17, 15) is 19.2 Å². The summed E-state index contributed by atoms with van der Waals surface area (Å²) in [6.45, 7) is 2.15. The van der Waals surface area contributed by atoms with Gasteiger partial charge in [0.15, 0.2) is 0 Å². The molecule has 2 heterocycles. The summed E-state index contributed by atoms with van der Waals surface area (Å²) >= 11 is 0. The lowest BCUT2D eigenvalue weighted by atomic mass is 9.78. The molecule has 0 bridgehead atoms. The molecule has 3 aliphatic rings. The van der Waals surface area contributed by atoms with Crippen molar-refractivity contribution in [2.45, 2.75) is 19.8 Å². The molecule has 3 amide bonds. The van der Waals surface area contributed by atoms with Gasteiger partial charge in [-0.25, -0.2) is 0 Å². The van der Waals surface area contributed by atoms with Crippen LogP contribution in [0.15, 0.2) is 60.7 Å². The van der Waals surface area contributed by atoms with Crippen molar-refractivity contribution in [3.05, 3.63) is 60.7 Å². The molecule has 0 spiro atoms. The molecule has 5 rings (SSSR count). The van der Waals surface area contributed by atoms with Crippen LogP contribution in [0.1, 0.15) is 19.8 Å². The Kier molecular flexibility index (Phi) is 5.88. The third-order valence-corrected chi connectivity index (χ3v) is 7.02. The Morgan fingerprint density at radius 3 is 2.46 bits per heavy atom. The third-order valence-electron chi connectivity index (χ3n) is 7.02. The van der Waals surface area contributed by atoms with Crippen LogP contribution in [-0.4, -0.2) is 37.3 Å². The molecule has 0 saturated carbocycles. The van der Waals surface area contributed by atoms with E-state index in [2.05, 4.69) is 0 Å². The largest absolute Gasteiger partial charge is 0.495 e. The molecule has 2 saturated heterocycles. The van der Waals surface area contributed by atoms with Gasteiger partial charge in [-0.1, -0.05) is 31.2 Å². The fourth-order valence-corrected chi connectivity index (χ4v) is 5.22. The van der Waals surface area contributed by atoms with E-state index in [0.29, 0.717) is 23.5 Å². The molecule has 2 fully saturated rings. The number of hydrogen-bond donors (Lipinski definition) is 0. The summed E-state index contributed by atoms with van der Waals surface area (Å²) in [6.07, 6.45) is 4.56. The van der Waals surface area contributed by atoms with Crippen molar-refractivity contribution in [1.29, 1.82) is 0 Å². The summed E-state index contributed by atoms with van der Waals surface area (Å²) in [4.78, 5) is 54.0. The van der Waals surface area contributed by atoms with Gasteiger partial charge in [-0.2, -0.15) is 0 Å². The molecule has 4 atom stereocenters. The number of amides is 3. The predicted octanol–water partition coefficient (Wildman–Crippen LogP) is 3.36. The number of allylic oxidation sites excluding steroid dienone is 2. The summed E-state index contributed by atoms with van der Waals surface area (Å²) in [7, 11) is 1.53. The first-order chi connectivity index (χ1) is 16.9. The quantitative estimate of drug-likeness (QED) is 0.286. The number of carbonyl (C=O) groups excluding carboxylic acids is 4. The molecule has 2 aliphatic heterocycles. The first-order valence-corrected chi connectivity index (χ1v) is 11.7. The van der Waals surface area contributed by atoms with E-state index >= 15 is 0 Å². The van der Waals surface area contributed by atoms with Gasteiger partial charge in [-0.15, -0.1) is 0 Å². The lowest BCUT2D eigenvalue weighted by molar-refractivity contribution is -0.139. The Morgan fingerprint density at radius 2 is 1.74 bits per heavy atom. The molecule has 180 valence electrons. The van der Waals surface area contributed by atoms with Crippen LogP contribution in [0.4, 0.5) is 11.4 Å². The highest BCUT2D eigenvalue weighted by Gasteiger charge is 2.50. The molecule has 0 radical (unpaired) electrons. The summed E-state index contributed by atoms with van der Waals surface area (Å²) in [5.41, 5.74) is 1.07. The van der Waals surface area contributed by atoms with Gasteiger partial charge in [0.1, 0.15) is 11.5 Å². The highest BCUT2D eigenvalue weighted by molar-refractivity contribution is 6.22. The molecule has 0 aromatic heterocycles. The van der Waals surface area contributed by atoms with E-state index in [4.69, 9.17) is 9.47 Å². The molecule has 2 aromatic rings. The number of fused-ring (bicyclic) bond motifs is 1. The molecule has 0 N–H and O–H groups in total. The summed E-state index contributed by atoms with van der Waals surface area (Å²) < 4.78 is 10.9.